The van der Waals surface area contributed by atoms with Crippen LogP contribution in [0.5, 0.6) is 0 Å². The molecule has 0 atom stereocenters. The lowest BCUT2D eigenvalue weighted by molar-refractivity contribution is 0.102. The quantitative estimate of drug-likeness (QED) is 0.743. The first-order valence-corrected chi connectivity index (χ1v) is 6.92. The van der Waals surface area contributed by atoms with Crippen molar-refractivity contribution in [1.29, 1.82) is 0 Å². The van der Waals surface area contributed by atoms with Crippen molar-refractivity contribution in [3.05, 3.63) is 51.3 Å². The number of carbonyl (C=O) groups excluding carboxylic acids is 1. The largest absolute Gasteiger partial charge is 0.340 e. The minimum Gasteiger partial charge on any atom is -0.340 e. The SMILES string of the molecule is Cc1ccc(NC(=O)c2cc(Cl)c(Cl)[nH]2)cc1C#CCN. The summed E-state index contributed by atoms with van der Waals surface area (Å²) in [5, 5.41) is 3.30. The number of hydrogen-bond donors (Lipinski definition) is 3. The average molecular weight is 322 g/mol. The highest BCUT2D eigenvalue weighted by atomic mass is 35.5. The van der Waals surface area contributed by atoms with Crippen molar-refractivity contribution < 1.29 is 4.79 Å². The molecule has 1 heterocycles. The predicted octanol–water partition coefficient (Wildman–Crippen LogP) is 3.19. The van der Waals surface area contributed by atoms with Gasteiger partial charge in [-0.2, -0.15) is 0 Å². The van der Waals surface area contributed by atoms with E-state index in [2.05, 4.69) is 22.1 Å². The number of amides is 1. The number of H-pyrrole nitrogens is 1. The van der Waals surface area contributed by atoms with Crippen molar-refractivity contribution in [2.45, 2.75) is 6.92 Å². The van der Waals surface area contributed by atoms with Crippen LogP contribution in [-0.2, 0) is 0 Å². The van der Waals surface area contributed by atoms with Crippen LogP contribution in [0.15, 0.2) is 24.3 Å². The number of aromatic amines is 1. The van der Waals surface area contributed by atoms with Gasteiger partial charge in [0.2, 0.25) is 0 Å². The molecule has 0 saturated carbocycles. The number of halogens is 2. The van der Waals surface area contributed by atoms with Crippen molar-refractivity contribution in [2.24, 2.45) is 5.73 Å². The number of carbonyl (C=O) groups is 1. The lowest BCUT2D eigenvalue weighted by atomic mass is 10.1. The zero-order chi connectivity index (χ0) is 15.4. The van der Waals surface area contributed by atoms with Crippen LogP contribution in [0.2, 0.25) is 10.2 Å². The molecule has 21 heavy (non-hydrogen) atoms. The van der Waals surface area contributed by atoms with Gasteiger partial charge >= 0.3 is 0 Å². The molecule has 1 aromatic heterocycles. The Bertz CT molecular complexity index is 722. The fourth-order valence-corrected chi connectivity index (χ4v) is 2.02. The van der Waals surface area contributed by atoms with Crippen molar-refractivity contribution in [3.63, 3.8) is 0 Å². The van der Waals surface area contributed by atoms with Gasteiger partial charge in [-0.3, -0.25) is 4.79 Å². The van der Waals surface area contributed by atoms with Gasteiger partial charge in [-0.05, 0) is 30.7 Å². The summed E-state index contributed by atoms with van der Waals surface area (Å²) in [6.45, 7) is 2.23. The van der Waals surface area contributed by atoms with Gasteiger partial charge in [-0.25, -0.2) is 0 Å². The molecule has 0 spiro atoms. The fraction of sp³-hybridized carbons (Fsp3) is 0.133. The second kappa shape index (κ2) is 6.68. The molecule has 0 aliphatic heterocycles. The highest BCUT2D eigenvalue weighted by Crippen LogP contribution is 2.22. The van der Waals surface area contributed by atoms with Crippen molar-refractivity contribution in [3.8, 4) is 11.8 Å². The van der Waals surface area contributed by atoms with E-state index in [1.54, 1.807) is 12.1 Å². The van der Waals surface area contributed by atoms with E-state index in [4.69, 9.17) is 28.9 Å². The molecule has 0 saturated heterocycles. The molecule has 0 aliphatic rings. The molecule has 1 amide bonds. The first-order valence-electron chi connectivity index (χ1n) is 6.16. The van der Waals surface area contributed by atoms with Crippen molar-refractivity contribution in [1.82, 2.24) is 4.98 Å². The molecule has 0 unspecified atom stereocenters. The highest BCUT2D eigenvalue weighted by Gasteiger charge is 2.12. The zero-order valence-corrected chi connectivity index (χ0v) is 12.8. The molecule has 6 heteroatoms. The summed E-state index contributed by atoms with van der Waals surface area (Å²) in [6, 6.07) is 6.95. The number of nitrogens with one attached hydrogen (secondary N) is 2. The van der Waals surface area contributed by atoms with Gasteiger partial charge < -0.3 is 16.0 Å². The van der Waals surface area contributed by atoms with Crippen LogP contribution in [0.25, 0.3) is 0 Å². The molecule has 2 rings (SSSR count). The predicted molar refractivity (Wildman–Crippen MR) is 85.9 cm³/mol. The van der Waals surface area contributed by atoms with Crippen LogP contribution in [-0.4, -0.2) is 17.4 Å². The fourth-order valence-electron chi connectivity index (χ4n) is 1.71. The summed E-state index contributed by atoms with van der Waals surface area (Å²) in [6.07, 6.45) is 0. The van der Waals surface area contributed by atoms with Crippen molar-refractivity contribution in [2.75, 3.05) is 11.9 Å². The zero-order valence-electron chi connectivity index (χ0n) is 11.3. The first-order chi connectivity index (χ1) is 10.0. The minimum atomic E-state index is -0.328. The first kappa shape index (κ1) is 15.5. The van der Waals surface area contributed by atoms with Crippen LogP contribution >= 0.6 is 23.2 Å². The molecule has 0 bridgehead atoms. The van der Waals surface area contributed by atoms with Gasteiger partial charge in [0.05, 0.1) is 11.6 Å². The van der Waals surface area contributed by atoms with E-state index >= 15 is 0 Å². The maximum atomic E-state index is 12.1. The van der Waals surface area contributed by atoms with E-state index in [-0.39, 0.29) is 17.6 Å². The number of aryl methyl sites for hydroxylation is 1. The Morgan fingerprint density at radius 3 is 2.76 bits per heavy atom. The third kappa shape index (κ3) is 3.79. The van der Waals surface area contributed by atoms with Crippen molar-refractivity contribution >= 4 is 34.8 Å². The molecule has 4 nitrogen and oxygen atoms in total. The maximum Gasteiger partial charge on any atom is 0.272 e. The third-order valence-corrected chi connectivity index (χ3v) is 3.48. The number of hydrogen-bond acceptors (Lipinski definition) is 2. The Morgan fingerprint density at radius 1 is 1.38 bits per heavy atom. The summed E-state index contributed by atoms with van der Waals surface area (Å²) in [4.78, 5) is 14.8. The van der Waals surface area contributed by atoms with Gasteiger partial charge in [-0.1, -0.05) is 41.1 Å². The Labute approximate surface area is 132 Å². The molecule has 4 N–H and O–H groups in total. The topological polar surface area (TPSA) is 70.9 Å². The van der Waals surface area contributed by atoms with Crippen LogP contribution in [0.3, 0.4) is 0 Å². The van der Waals surface area contributed by atoms with E-state index < -0.39 is 0 Å². The molecule has 1 aromatic carbocycles. The van der Waals surface area contributed by atoms with Crippen LogP contribution in [0.4, 0.5) is 5.69 Å². The molecule has 2 aromatic rings. The standard InChI is InChI=1S/C15H13Cl2N3O/c1-9-4-5-11(7-10(9)3-2-6-18)19-15(21)13-8-12(16)14(17)20-13/h4-5,7-8,20H,6,18H2,1H3,(H,19,21). The Hall–Kier alpha value is -1.93. The molecular formula is C15H13Cl2N3O. The Morgan fingerprint density at radius 2 is 2.14 bits per heavy atom. The second-order valence-corrected chi connectivity index (χ2v) is 5.12. The van der Waals surface area contributed by atoms with E-state index in [0.717, 1.165) is 11.1 Å². The van der Waals surface area contributed by atoms with E-state index in [1.807, 2.05) is 13.0 Å². The van der Waals surface area contributed by atoms with Gasteiger partial charge in [-0.15, -0.1) is 0 Å². The molecular weight excluding hydrogens is 309 g/mol. The average Bonchev–Trinajstić information content (AvgIpc) is 2.79. The monoisotopic (exact) mass is 321 g/mol. The summed E-state index contributed by atoms with van der Waals surface area (Å²) < 4.78 is 0. The smallest absolute Gasteiger partial charge is 0.272 e. The number of rotatable bonds is 2. The summed E-state index contributed by atoms with van der Waals surface area (Å²) >= 11 is 11.6. The van der Waals surface area contributed by atoms with Crippen LogP contribution in [0.1, 0.15) is 21.6 Å². The molecule has 0 fully saturated rings. The number of anilines is 1. The van der Waals surface area contributed by atoms with Gasteiger partial charge in [0.1, 0.15) is 10.8 Å². The summed E-state index contributed by atoms with van der Waals surface area (Å²) in [5.74, 6) is 5.43. The number of aromatic nitrogens is 1. The normalized spacial score (nSPS) is 9.90. The maximum absolute atomic E-state index is 12.1. The Balaban J connectivity index is 2.21. The van der Waals surface area contributed by atoms with Crippen LogP contribution in [0, 0.1) is 18.8 Å². The van der Waals surface area contributed by atoms with Gasteiger partial charge in [0.15, 0.2) is 0 Å². The molecule has 0 aliphatic carbocycles. The van der Waals surface area contributed by atoms with E-state index in [1.165, 1.54) is 6.07 Å². The van der Waals surface area contributed by atoms with Crippen LogP contribution < -0.4 is 11.1 Å². The van der Waals surface area contributed by atoms with E-state index in [9.17, 15) is 4.79 Å². The van der Waals surface area contributed by atoms with E-state index in [0.29, 0.717) is 16.4 Å². The lowest BCUT2D eigenvalue weighted by Gasteiger charge is -2.06. The molecule has 0 radical (unpaired) electrons. The molecule has 108 valence electrons. The third-order valence-electron chi connectivity index (χ3n) is 2.79. The second-order valence-electron chi connectivity index (χ2n) is 4.33. The van der Waals surface area contributed by atoms with Gasteiger partial charge in [0.25, 0.3) is 5.91 Å². The lowest BCUT2D eigenvalue weighted by Crippen LogP contribution is -2.12. The number of benzene rings is 1. The number of nitrogens with two attached hydrogens (primary N) is 1. The summed E-state index contributed by atoms with van der Waals surface area (Å²) in [7, 11) is 0. The Kier molecular flexibility index (Phi) is 4.92. The van der Waals surface area contributed by atoms with Gasteiger partial charge in [0, 0.05) is 11.3 Å². The summed E-state index contributed by atoms with van der Waals surface area (Å²) in [5.41, 5.74) is 8.12. The highest BCUT2D eigenvalue weighted by molar-refractivity contribution is 6.41. The minimum absolute atomic E-state index is 0.236.